The SMILES string of the molecule is CC(=O)NC(Cc1nc(C2CNCCN2C)no1)c1ccc(Cl)cc1.Cl. The topological polar surface area (TPSA) is 83.3 Å². The number of rotatable bonds is 5. The Labute approximate surface area is 163 Å². The number of benzene rings is 1. The zero-order valence-corrected chi connectivity index (χ0v) is 16.3. The van der Waals surface area contributed by atoms with Crippen LogP contribution in [0.3, 0.4) is 0 Å². The molecule has 7 nitrogen and oxygen atoms in total. The van der Waals surface area contributed by atoms with Crippen LogP contribution in [-0.4, -0.2) is 47.6 Å². The van der Waals surface area contributed by atoms with E-state index in [1.807, 2.05) is 12.1 Å². The summed E-state index contributed by atoms with van der Waals surface area (Å²) < 4.78 is 5.43. The number of likely N-dealkylation sites (N-methyl/N-ethyl adjacent to an activating group) is 1. The van der Waals surface area contributed by atoms with Gasteiger partial charge in [0.2, 0.25) is 11.8 Å². The number of hydrogen-bond donors (Lipinski definition) is 2. The molecule has 1 aromatic carbocycles. The van der Waals surface area contributed by atoms with E-state index in [0.717, 1.165) is 25.2 Å². The van der Waals surface area contributed by atoms with E-state index in [1.54, 1.807) is 12.1 Å². The smallest absolute Gasteiger partial charge is 0.229 e. The van der Waals surface area contributed by atoms with Gasteiger partial charge in [0.25, 0.3) is 0 Å². The highest BCUT2D eigenvalue weighted by molar-refractivity contribution is 6.30. The summed E-state index contributed by atoms with van der Waals surface area (Å²) in [4.78, 5) is 18.3. The number of nitrogens with one attached hydrogen (secondary N) is 2. The van der Waals surface area contributed by atoms with Crippen LogP contribution in [0.1, 0.15) is 36.3 Å². The van der Waals surface area contributed by atoms with Gasteiger partial charge >= 0.3 is 0 Å². The third-order valence-corrected chi connectivity index (χ3v) is 4.57. The minimum atomic E-state index is -0.245. The molecule has 0 spiro atoms. The molecule has 26 heavy (non-hydrogen) atoms. The lowest BCUT2D eigenvalue weighted by Gasteiger charge is -2.30. The highest BCUT2D eigenvalue weighted by atomic mass is 35.5. The van der Waals surface area contributed by atoms with Crippen molar-refractivity contribution >= 4 is 29.9 Å². The number of hydrogen-bond acceptors (Lipinski definition) is 6. The van der Waals surface area contributed by atoms with Crippen LogP contribution in [-0.2, 0) is 11.2 Å². The molecule has 9 heteroatoms. The Balaban J connectivity index is 0.00000243. The molecule has 2 heterocycles. The van der Waals surface area contributed by atoms with Crippen LogP contribution in [0.4, 0.5) is 0 Å². The van der Waals surface area contributed by atoms with E-state index in [4.69, 9.17) is 16.1 Å². The van der Waals surface area contributed by atoms with Crippen LogP contribution in [0.15, 0.2) is 28.8 Å². The van der Waals surface area contributed by atoms with Crippen molar-refractivity contribution in [3.63, 3.8) is 0 Å². The Bertz CT molecular complexity index is 722. The second kappa shape index (κ2) is 9.32. The zero-order chi connectivity index (χ0) is 17.8. The van der Waals surface area contributed by atoms with E-state index < -0.39 is 0 Å². The molecule has 0 aliphatic carbocycles. The van der Waals surface area contributed by atoms with E-state index in [2.05, 4.69) is 32.7 Å². The zero-order valence-electron chi connectivity index (χ0n) is 14.7. The van der Waals surface area contributed by atoms with Crippen molar-refractivity contribution in [3.05, 3.63) is 46.6 Å². The van der Waals surface area contributed by atoms with Crippen molar-refractivity contribution in [2.45, 2.75) is 25.4 Å². The third kappa shape index (κ3) is 5.17. The maximum absolute atomic E-state index is 11.6. The lowest BCUT2D eigenvalue weighted by molar-refractivity contribution is -0.119. The lowest BCUT2D eigenvalue weighted by Crippen LogP contribution is -2.44. The van der Waals surface area contributed by atoms with Crippen molar-refractivity contribution in [1.29, 1.82) is 0 Å². The average Bonchev–Trinajstić information content (AvgIpc) is 3.03. The molecule has 2 atom stereocenters. The Kier molecular flexibility index (Phi) is 7.40. The van der Waals surface area contributed by atoms with Gasteiger partial charge in [-0.3, -0.25) is 9.69 Å². The number of piperazine rings is 1. The van der Waals surface area contributed by atoms with Crippen LogP contribution in [0.2, 0.25) is 5.02 Å². The number of nitrogens with zero attached hydrogens (tertiary/aromatic N) is 3. The van der Waals surface area contributed by atoms with Crippen LogP contribution in [0.25, 0.3) is 0 Å². The van der Waals surface area contributed by atoms with Crippen molar-refractivity contribution < 1.29 is 9.32 Å². The summed E-state index contributed by atoms with van der Waals surface area (Å²) >= 11 is 5.95. The Hall–Kier alpha value is -1.67. The van der Waals surface area contributed by atoms with Gasteiger partial charge in [-0.15, -0.1) is 12.4 Å². The van der Waals surface area contributed by atoms with Gasteiger partial charge in [-0.25, -0.2) is 0 Å². The van der Waals surface area contributed by atoms with E-state index in [-0.39, 0.29) is 30.4 Å². The largest absolute Gasteiger partial charge is 0.349 e. The summed E-state index contributed by atoms with van der Waals surface area (Å²) in [7, 11) is 2.05. The highest BCUT2D eigenvalue weighted by Crippen LogP contribution is 2.22. The Morgan fingerprint density at radius 2 is 2.19 bits per heavy atom. The van der Waals surface area contributed by atoms with Gasteiger partial charge in [0, 0.05) is 31.6 Å². The molecule has 1 aliphatic rings. The van der Waals surface area contributed by atoms with E-state index in [0.29, 0.717) is 23.2 Å². The normalized spacial score (nSPS) is 18.8. The van der Waals surface area contributed by atoms with Gasteiger partial charge in [0.05, 0.1) is 18.5 Å². The first-order chi connectivity index (χ1) is 12.0. The predicted molar refractivity (Wildman–Crippen MR) is 102 cm³/mol. The number of aromatic nitrogens is 2. The van der Waals surface area contributed by atoms with E-state index in [9.17, 15) is 4.79 Å². The van der Waals surface area contributed by atoms with E-state index >= 15 is 0 Å². The highest BCUT2D eigenvalue weighted by Gasteiger charge is 2.26. The summed E-state index contributed by atoms with van der Waals surface area (Å²) in [6, 6.07) is 7.23. The number of carbonyl (C=O) groups is 1. The fourth-order valence-electron chi connectivity index (χ4n) is 2.95. The molecule has 0 bridgehead atoms. The number of halogens is 2. The molecule has 2 N–H and O–H groups in total. The quantitative estimate of drug-likeness (QED) is 0.800. The Morgan fingerprint density at radius 3 is 2.85 bits per heavy atom. The fraction of sp³-hybridized carbons (Fsp3) is 0.471. The van der Waals surface area contributed by atoms with Gasteiger partial charge in [0.1, 0.15) is 0 Å². The minimum Gasteiger partial charge on any atom is -0.349 e. The second-order valence-electron chi connectivity index (χ2n) is 6.26. The molecular weight excluding hydrogens is 377 g/mol. The van der Waals surface area contributed by atoms with Gasteiger partial charge in [-0.1, -0.05) is 28.9 Å². The lowest BCUT2D eigenvalue weighted by atomic mass is 10.0. The molecule has 1 amide bonds. The van der Waals surface area contributed by atoms with Crippen LogP contribution >= 0.6 is 24.0 Å². The maximum atomic E-state index is 11.6. The molecule has 3 rings (SSSR count). The first kappa shape index (κ1) is 20.6. The predicted octanol–water partition coefficient (Wildman–Crippen LogP) is 2.14. The first-order valence-corrected chi connectivity index (χ1v) is 8.66. The minimum absolute atomic E-state index is 0. The standard InChI is InChI=1S/C17H22ClN5O2.ClH/c1-11(24)20-14(12-3-5-13(18)6-4-12)9-16-21-17(22-25-16)15-10-19-7-8-23(15)2;/h3-6,14-15,19H,7-10H2,1-2H3,(H,20,24);1H. The van der Waals surface area contributed by atoms with Crippen molar-refractivity contribution in [2.24, 2.45) is 0 Å². The summed E-state index contributed by atoms with van der Waals surface area (Å²) in [6.45, 7) is 4.18. The van der Waals surface area contributed by atoms with Crippen LogP contribution < -0.4 is 10.6 Å². The summed E-state index contributed by atoms with van der Waals surface area (Å²) in [5, 5.41) is 11.0. The van der Waals surface area contributed by atoms with Gasteiger partial charge < -0.3 is 15.2 Å². The summed E-state index contributed by atoms with van der Waals surface area (Å²) in [6.07, 6.45) is 0.429. The summed E-state index contributed by atoms with van der Waals surface area (Å²) in [5.41, 5.74) is 0.941. The maximum Gasteiger partial charge on any atom is 0.229 e. The third-order valence-electron chi connectivity index (χ3n) is 4.32. The van der Waals surface area contributed by atoms with E-state index in [1.165, 1.54) is 6.92 Å². The van der Waals surface area contributed by atoms with Crippen molar-refractivity contribution in [3.8, 4) is 0 Å². The number of amides is 1. The molecule has 1 aromatic heterocycles. The average molecular weight is 400 g/mol. The van der Waals surface area contributed by atoms with Gasteiger partial charge in [-0.2, -0.15) is 4.98 Å². The van der Waals surface area contributed by atoms with Crippen LogP contribution in [0.5, 0.6) is 0 Å². The fourth-order valence-corrected chi connectivity index (χ4v) is 3.07. The Morgan fingerprint density at radius 1 is 1.46 bits per heavy atom. The van der Waals surface area contributed by atoms with Crippen LogP contribution in [0, 0.1) is 0 Å². The molecule has 1 saturated heterocycles. The molecule has 1 aliphatic heterocycles. The van der Waals surface area contributed by atoms with Crippen molar-refractivity contribution in [2.75, 3.05) is 26.7 Å². The molecular formula is C17H23Cl2N5O2. The first-order valence-electron chi connectivity index (χ1n) is 8.29. The second-order valence-corrected chi connectivity index (χ2v) is 6.69. The molecule has 2 aromatic rings. The molecule has 2 unspecified atom stereocenters. The molecule has 1 fully saturated rings. The molecule has 0 radical (unpaired) electrons. The van der Waals surface area contributed by atoms with Gasteiger partial charge in [-0.05, 0) is 24.7 Å². The summed E-state index contributed by atoms with van der Waals surface area (Å²) in [5.74, 6) is 1.06. The molecule has 0 saturated carbocycles. The molecule has 142 valence electrons. The van der Waals surface area contributed by atoms with Gasteiger partial charge in [0.15, 0.2) is 5.82 Å². The number of carbonyl (C=O) groups excluding carboxylic acids is 1. The monoisotopic (exact) mass is 399 g/mol. The van der Waals surface area contributed by atoms with Crippen molar-refractivity contribution in [1.82, 2.24) is 25.7 Å².